The lowest BCUT2D eigenvalue weighted by atomic mass is 10.3. The van der Waals surface area contributed by atoms with Crippen molar-refractivity contribution in [2.45, 2.75) is 6.42 Å². The molecule has 1 rings (SSSR count). The zero-order valence-electron chi connectivity index (χ0n) is 10.2. The number of methoxy groups -OCH3 is 1. The maximum Gasteiger partial charge on any atom is 0.304 e. The number of aliphatic carboxylic acids is 1. The van der Waals surface area contributed by atoms with Crippen LogP contribution in [-0.2, 0) is 4.79 Å². The Labute approximate surface area is 113 Å². The Kier molecular flexibility index (Phi) is 8.78. The highest BCUT2D eigenvalue weighted by Crippen LogP contribution is 2.16. The predicted octanol–water partition coefficient (Wildman–Crippen LogP) is 1.56. The minimum atomic E-state index is -0.798. The number of rotatable bonds is 8. The summed E-state index contributed by atoms with van der Waals surface area (Å²) in [6, 6.07) is 7.31. The highest BCUT2D eigenvalue weighted by Gasteiger charge is 1.97. The first kappa shape index (κ1) is 16.5. The third-order valence-electron chi connectivity index (χ3n) is 2.12. The van der Waals surface area contributed by atoms with Gasteiger partial charge in [0.05, 0.1) is 13.5 Å². The summed E-state index contributed by atoms with van der Waals surface area (Å²) in [7, 11) is 1.61. The van der Waals surface area contributed by atoms with E-state index in [1.165, 1.54) is 0 Å². The molecule has 0 amide bonds. The lowest BCUT2D eigenvalue weighted by molar-refractivity contribution is -0.136. The minimum absolute atomic E-state index is 0. The molecule has 102 valence electrons. The lowest BCUT2D eigenvalue weighted by Gasteiger charge is -2.07. The van der Waals surface area contributed by atoms with E-state index in [2.05, 4.69) is 5.32 Å². The summed E-state index contributed by atoms with van der Waals surface area (Å²) < 4.78 is 10.5. The fourth-order valence-corrected chi connectivity index (χ4v) is 1.23. The molecule has 0 aromatic heterocycles. The van der Waals surface area contributed by atoms with E-state index in [1.807, 2.05) is 24.3 Å². The summed E-state index contributed by atoms with van der Waals surface area (Å²) >= 11 is 0. The molecule has 0 spiro atoms. The Morgan fingerprint density at radius 2 is 1.83 bits per heavy atom. The fraction of sp³-hybridized carbons (Fsp3) is 0.417. The molecule has 0 fully saturated rings. The van der Waals surface area contributed by atoms with Crippen LogP contribution in [0.15, 0.2) is 24.3 Å². The normalized spacial score (nSPS) is 9.39. The number of halogens is 1. The molecular formula is C12H18ClNO4. The molecule has 1 aromatic rings. The van der Waals surface area contributed by atoms with E-state index < -0.39 is 5.97 Å². The first-order valence-corrected chi connectivity index (χ1v) is 5.41. The topological polar surface area (TPSA) is 67.8 Å². The van der Waals surface area contributed by atoms with Crippen molar-refractivity contribution < 1.29 is 19.4 Å². The lowest BCUT2D eigenvalue weighted by Crippen LogP contribution is -2.23. The molecule has 1 aromatic carbocycles. The predicted molar refractivity (Wildman–Crippen MR) is 70.9 cm³/mol. The molecule has 0 aliphatic carbocycles. The number of carbonyl (C=O) groups is 1. The number of hydrogen-bond acceptors (Lipinski definition) is 4. The maximum atomic E-state index is 10.2. The van der Waals surface area contributed by atoms with Crippen LogP contribution in [-0.4, -0.2) is 37.9 Å². The molecule has 2 N–H and O–H groups in total. The van der Waals surface area contributed by atoms with Crippen LogP contribution in [0.2, 0.25) is 0 Å². The highest BCUT2D eigenvalue weighted by atomic mass is 35.5. The second-order valence-electron chi connectivity index (χ2n) is 3.42. The Morgan fingerprint density at radius 3 is 2.39 bits per heavy atom. The van der Waals surface area contributed by atoms with Crippen LogP contribution < -0.4 is 14.8 Å². The van der Waals surface area contributed by atoms with Gasteiger partial charge < -0.3 is 19.9 Å². The molecule has 0 unspecified atom stereocenters. The first-order valence-electron chi connectivity index (χ1n) is 5.41. The van der Waals surface area contributed by atoms with Crippen molar-refractivity contribution in [2.24, 2.45) is 0 Å². The standard InChI is InChI=1S/C12H17NO4.ClH/c1-16-10-2-4-11(5-3-10)17-9-8-13-7-6-12(14)15;/h2-5,13H,6-9H2,1H3,(H,14,15);1H. The van der Waals surface area contributed by atoms with Crippen molar-refractivity contribution >= 4 is 18.4 Å². The molecule has 0 saturated heterocycles. The van der Waals surface area contributed by atoms with Gasteiger partial charge in [-0.25, -0.2) is 0 Å². The van der Waals surface area contributed by atoms with Gasteiger partial charge in [0.25, 0.3) is 0 Å². The Balaban J connectivity index is 0.00000289. The van der Waals surface area contributed by atoms with Gasteiger partial charge in [0, 0.05) is 13.1 Å². The van der Waals surface area contributed by atoms with Gasteiger partial charge in [-0.05, 0) is 24.3 Å². The molecule has 0 heterocycles. The fourth-order valence-electron chi connectivity index (χ4n) is 1.23. The van der Waals surface area contributed by atoms with Gasteiger partial charge in [-0.1, -0.05) is 0 Å². The van der Waals surface area contributed by atoms with Gasteiger partial charge in [0.1, 0.15) is 18.1 Å². The van der Waals surface area contributed by atoms with Crippen LogP contribution >= 0.6 is 12.4 Å². The summed E-state index contributed by atoms with van der Waals surface area (Å²) in [6.45, 7) is 1.59. The van der Waals surface area contributed by atoms with E-state index in [0.29, 0.717) is 19.7 Å². The van der Waals surface area contributed by atoms with Crippen LogP contribution in [0.5, 0.6) is 11.5 Å². The van der Waals surface area contributed by atoms with Crippen LogP contribution in [0.25, 0.3) is 0 Å². The smallest absolute Gasteiger partial charge is 0.304 e. The molecule has 5 nitrogen and oxygen atoms in total. The number of carboxylic acids is 1. The number of carboxylic acid groups (broad SMARTS) is 1. The summed E-state index contributed by atoms with van der Waals surface area (Å²) in [5.74, 6) is 0.761. The van der Waals surface area contributed by atoms with E-state index in [9.17, 15) is 4.79 Å². The monoisotopic (exact) mass is 275 g/mol. The Bertz CT molecular complexity index is 342. The van der Waals surface area contributed by atoms with Crippen molar-refractivity contribution in [3.05, 3.63) is 24.3 Å². The molecule has 0 atom stereocenters. The maximum absolute atomic E-state index is 10.2. The SMILES string of the molecule is COc1ccc(OCCNCCC(=O)O)cc1.Cl. The number of hydrogen-bond donors (Lipinski definition) is 2. The van der Waals surface area contributed by atoms with Gasteiger partial charge in [-0.15, -0.1) is 12.4 Å². The second-order valence-corrected chi connectivity index (χ2v) is 3.42. The van der Waals surface area contributed by atoms with Crippen molar-refractivity contribution in [2.75, 3.05) is 26.8 Å². The van der Waals surface area contributed by atoms with Gasteiger partial charge >= 0.3 is 5.97 Å². The molecular weight excluding hydrogens is 258 g/mol. The molecule has 18 heavy (non-hydrogen) atoms. The van der Waals surface area contributed by atoms with E-state index in [4.69, 9.17) is 14.6 Å². The van der Waals surface area contributed by atoms with E-state index in [0.717, 1.165) is 11.5 Å². The number of nitrogens with one attached hydrogen (secondary N) is 1. The average molecular weight is 276 g/mol. The summed E-state index contributed by atoms with van der Waals surface area (Å²) in [5.41, 5.74) is 0. The first-order chi connectivity index (χ1) is 8.22. The largest absolute Gasteiger partial charge is 0.497 e. The Morgan fingerprint density at radius 1 is 1.22 bits per heavy atom. The van der Waals surface area contributed by atoms with Crippen LogP contribution in [0.4, 0.5) is 0 Å². The molecule has 0 saturated carbocycles. The van der Waals surface area contributed by atoms with Crippen molar-refractivity contribution in [3.8, 4) is 11.5 Å². The summed E-state index contributed by atoms with van der Waals surface area (Å²) in [6.07, 6.45) is 0.128. The molecule has 0 aliphatic heterocycles. The van der Waals surface area contributed by atoms with E-state index in [-0.39, 0.29) is 18.8 Å². The van der Waals surface area contributed by atoms with Crippen LogP contribution in [0.3, 0.4) is 0 Å². The minimum Gasteiger partial charge on any atom is -0.497 e. The molecule has 0 bridgehead atoms. The van der Waals surface area contributed by atoms with E-state index in [1.54, 1.807) is 7.11 Å². The second kappa shape index (κ2) is 9.56. The summed E-state index contributed by atoms with van der Waals surface area (Å²) in [5, 5.41) is 11.4. The highest BCUT2D eigenvalue weighted by molar-refractivity contribution is 5.85. The van der Waals surface area contributed by atoms with Crippen molar-refractivity contribution in [1.29, 1.82) is 0 Å². The van der Waals surface area contributed by atoms with Crippen molar-refractivity contribution in [1.82, 2.24) is 5.32 Å². The molecule has 6 heteroatoms. The zero-order chi connectivity index (χ0) is 12.5. The average Bonchev–Trinajstić information content (AvgIpc) is 2.34. The van der Waals surface area contributed by atoms with E-state index >= 15 is 0 Å². The quantitative estimate of drug-likeness (QED) is 0.705. The zero-order valence-corrected chi connectivity index (χ0v) is 11.0. The molecule has 0 radical (unpaired) electrons. The summed E-state index contributed by atoms with van der Waals surface area (Å²) in [4.78, 5) is 10.2. The van der Waals surface area contributed by atoms with Gasteiger partial charge in [-0.3, -0.25) is 4.79 Å². The number of ether oxygens (including phenoxy) is 2. The van der Waals surface area contributed by atoms with Crippen molar-refractivity contribution in [3.63, 3.8) is 0 Å². The van der Waals surface area contributed by atoms with Gasteiger partial charge in [0.2, 0.25) is 0 Å². The number of benzene rings is 1. The molecule has 0 aliphatic rings. The third-order valence-corrected chi connectivity index (χ3v) is 2.12. The van der Waals surface area contributed by atoms with Crippen LogP contribution in [0, 0.1) is 0 Å². The van der Waals surface area contributed by atoms with Crippen LogP contribution in [0.1, 0.15) is 6.42 Å². The third kappa shape index (κ3) is 6.98. The van der Waals surface area contributed by atoms with Gasteiger partial charge in [-0.2, -0.15) is 0 Å². The van der Waals surface area contributed by atoms with Gasteiger partial charge in [0.15, 0.2) is 0 Å². The Hall–Kier alpha value is -1.46.